The molecule has 1 aromatic rings. The summed E-state index contributed by atoms with van der Waals surface area (Å²) in [5.74, 6) is 1.13. The van der Waals surface area contributed by atoms with E-state index in [1.807, 2.05) is 6.07 Å². The Hall–Kier alpha value is -0.900. The van der Waals surface area contributed by atoms with Crippen molar-refractivity contribution in [2.75, 3.05) is 11.4 Å². The number of aromatic amines is 1. The number of nitrogens with zero attached hydrogens (tertiary/aromatic N) is 2. The lowest BCUT2D eigenvalue weighted by atomic mass is 10.0. The van der Waals surface area contributed by atoms with Crippen molar-refractivity contribution in [1.29, 1.82) is 0 Å². The van der Waals surface area contributed by atoms with E-state index in [9.17, 15) is 0 Å². The molecule has 0 spiro atoms. The molecule has 1 N–H and O–H groups in total. The molecule has 1 fully saturated rings. The molecule has 0 radical (unpaired) electrons. The van der Waals surface area contributed by atoms with Gasteiger partial charge < -0.3 is 9.88 Å². The van der Waals surface area contributed by atoms with Crippen molar-refractivity contribution in [2.45, 2.75) is 38.6 Å². The summed E-state index contributed by atoms with van der Waals surface area (Å²) in [6.07, 6.45) is 6.81. The van der Waals surface area contributed by atoms with Gasteiger partial charge in [0, 0.05) is 18.7 Å². The molecule has 1 unspecified atom stereocenters. The Bertz CT molecular complexity index is 374. The molecule has 2 rings (SSSR count). The normalized spacial score (nSPS) is 21.7. The predicted molar refractivity (Wildman–Crippen MR) is 64.7 cm³/mol. The van der Waals surface area contributed by atoms with Gasteiger partial charge in [-0.15, -0.1) is 0 Å². The maximum atomic E-state index is 5.09. The molecule has 1 aliphatic heterocycles. The minimum Gasteiger partial charge on any atom is -0.355 e. The number of rotatable bonds is 2. The second-order valence-corrected chi connectivity index (χ2v) is 4.44. The first-order valence-corrected chi connectivity index (χ1v) is 6.03. The minimum absolute atomic E-state index is 0.659. The summed E-state index contributed by atoms with van der Waals surface area (Å²) in [5.41, 5.74) is 0. The van der Waals surface area contributed by atoms with Crippen molar-refractivity contribution in [1.82, 2.24) is 9.97 Å². The molecule has 0 saturated carbocycles. The zero-order valence-corrected chi connectivity index (χ0v) is 9.89. The van der Waals surface area contributed by atoms with Crippen molar-refractivity contribution >= 4 is 18.0 Å². The van der Waals surface area contributed by atoms with Crippen LogP contribution in [0.5, 0.6) is 0 Å². The van der Waals surface area contributed by atoms with E-state index in [0.29, 0.717) is 10.7 Å². The largest absolute Gasteiger partial charge is 0.355 e. The maximum Gasteiger partial charge on any atom is 0.131 e. The van der Waals surface area contributed by atoms with Gasteiger partial charge in [0.15, 0.2) is 0 Å². The molecule has 3 nitrogen and oxygen atoms in total. The van der Waals surface area contributed by atoms with Crippen molar-refractivity contribution < 1.29 is 0 Å². The van der Waals surface area contributed by atoms with Crippen molar-refractivity contribution in [2.24, 2.45) is 0 Å². The van der Waals surface area contributed by atoms with Crippen LogP contribution in [0.15, 0.2) is 12.4 Å². The molecule has 2 heterocycles. The number of hydrogen-bond donors (Lipinski definition) is 1. The molecule has 0 bridgehead atoms. The highest BCUT2D eigenvalue weighted by atomic mass is 32.1. The summed E-state index contributed by atoms with van der Waals surface area (Å²) < 4.78 is 0.671. The second kappa shape index (κ2) is 4.75. The van der Waals surface area contributed by atoms with E-state index < -0.39 is 0 Å². The first-order chi connectivity index (χ1) is 7.31. The summed E-state index contributed by atoms with van der Waals surface area (Å²) in [6.45, 7) is 3.38. The highest BCUT2D eigenvalue weighted by Gasteiger charge is 2.21. The third kappa shape index (κ3) is 2.37. The van der Waals surface area contributed by atoms with Crippen LogP contribution in [0.3, 0.4) is 0 Å². The van der Waals surface area contributed by atoms with Crippen molar-refractivity contribution in [3.8, 4) is 0 Å². The Morgan fingerprint density at radius 1 is 1.60 bits per heavy atom. The number of piperidine rings is 1. The van der Waals surface area contributed by atoms with Gasteiger partial charge in [0.25, 0.3) is 0 Å². The first kappa shape index (κ1) is 10.6. The molecule has 1 atom stereocenters. The fraction of sp³-hybridized carbons (Fsp3) is 0.636. The van der Waals surface area contributed by atoms with E-state index in [0.717, 1.165) is 12.4 Å². The zero-order valence-electron chi connectivity index (χ0n) is 9.07. The molecule has 15 heavy (non-hydrogen) atoms. The van der Waals surface area contributed by atoms with Crippen LogP contribution in [0.25, 0.3) is 0 Å². The molecule has 82 valence electrons. The fourth-order valence-corrected chi connectivity index (χ4v) is 2.43. The Kier molecular flexibility index (Phi) is 3.36. The second-order valence-electron chi connectivity index (χ2n) is 4.02. The van der Waals surface area contributed by atoms with Crippen LogP contribution in [-0.4, -0.2) is 22.6 Å². The Balaban J connectivity index is 2.24. The van der Waals surface area contributed by atoms with E-state index in [1.54, 1.807) is 6.33 Å². The average Bonchev–Trinajstić information content (AvgIpc) is 2.29. The third-order valence-electron chi connectivity index (χ3n) is 3.07. The lowest BCUT2D eigenvalue weighted by Gasteiger charge is -2.36. The minimum atomic E-state index is 0.659. The number of nitrogens with one attached hydrogen (secondary N) is 1. The van der Waals surface area contributed by atoms with Gasteiger partial charge in [0.1, 0.15) is 10.5 Å². The van der Waals surface area contributed by atoms with Crippen molar-refractivity contribution in [3.05, 3.63) is 17.0 Å². The lowest BCUT2D eigenvalue weighted by molar-refractivity contribution is 0.446. The topological polar surface area (TPSA) is 31.9 Å². The van der Waals surface area contributed by atoms with Crippen LogP contribution >= 0.6 is 12.2 Å². The highest BCUT2D eigenvalue weighted by Crippen LogP contribution is 2.24. The molecule has 0 aliphatic carbocycles. The van der Waals surface area contributed by atoms with E-state index in [4.69, 9.17) is 12.2 Å². The Labute approximate surface area is 95.5 Å². The number of anilines is 1. The van der Waals surface area contributed by atoms with E-state index in [1.165, 1.54) is 25.7 Å². The van der Waals surface area contributed by atoms with Gasteiger partial charge in [-0.1, -0.05) is 19.1 Å². The van der Waals surface area contributed by atoms with Gasteiger partial charge in [0.2, 0.25) is 0 Å². The van der Waals surface area contributed by atoms with Gasteiger partial charge in [-0.3, -0.25) is 0 Å². The van der Waals surface area contributed by atoms with Crippen LogP contribution in [-0.2, 0) is 0 Å². The molecule has 1 saturated heterocycles. The SMILES string of the molecule is CCC1CCCCN1c1cc(=S)nc[nH]1. The summed E-state index contributed by atoms with van der Waals surface area (Å²) in [6, 6.07) is 2.62. The smallest absolute Gasteiger partial charge is 0.131 e. The summed E-state index contributed by atoms with van der Waals surface area (Å²) in [5, 5.41) is 0. The van der Waals surface area contributed by atoms with Gasteiger partial charge in [-0.2, -0.15) is 0 Å². The quantitative estimate of drug-likeness (QED) is 0.782. The number of aromatic nitrogens is 2. The molecule has 0 aromatic carbocycles. The molecule has 4 heteroatoms. The highest BCUT2D eigenvalue weighted by molar-refractivity contribution is 7.71. The first-order valence-electron chi connectivity index (χ1n) is 5.62. The standard InChI is InChI=1S/C11H17N3S/c1-2-9-5-3-4-6-14(9)10-7-11(15)13-8-12-10/h7-9H,2-6H2,1H3,(H,12,13,15). The number of hydrogen-bond acceptors (Lipinski definition) is 3. The van der Waals surface area contributed by atoms with Gasteiger partial charge in [-0.25, -0.2) is 4.98 Å². The summed E-state index contributed by atoms with van der Waals surface area (Å²) in [4.78, 5) is 9.64. The van der Waals surface area contributed by atoms with E-state index in [-0.39, 0.29) is 0 Å². The third-order valence-corrected chi connectivity index (χ3v) is 3.30. The Morgan fingerprint density at radius 3 is 3.20 bits per heavy atom. The molecule has 1 aromatic heterocycles. The van der Waals surface area contributed by atoms with Crippen LogP contribution in [0.4, 0.5) is 5.82 Å². The fourth-order valence-electron chi connectivity index (χ4n) is 2.27. The van der Waals surface area contributed by atoms with E-state index >= 15 is 0 Å². The molecule has 0 amide bonds. The van der Waals surface area contributed by atoms with Crippen LogP contribution in [0.1, 0.15) is 32.6 Å². The van der Waals surface area contributed by atoms with Crippen LogP contribution < -0.4 is 4.90 Å². The molecule has 1 aliphatic rings. The van der Waals surface area contributed by atoms with Crippen LogP contribution in [0, 0.1) is 4.64 Å². The average molecular weight is 223 g/mol. The monoisotopic (exact) mass is 223 g/mol. The predicted octanol–water partition coefficient (Wildman–Crippen LogP) is 2.91. The van der Waals surface area contributed by atoms with Crippen LogP contribution in [0.2, 0.25) is 0 Å². The van der Waals surface area contributed by atoms with Gasteiger partial charge in [-0.05, 0) is 25.7 Å². The Morgan fingerprint density at radius 2 is 2.47 bits per heavy atom. The lowest BCUT2D eigenvalue weighted by Crippen LogP contribution is -2.39. The maximum absolute atomic E-state index is 5.09. The van der Waals surface area contributed by atoms with Gasteiger partial charge in [0.05, 0.1) is 6.33 Å². The van der Waals surface area contributed by atoms with Crippen molar-refractivity contribution in [3.63, 3.8) is 0 Å². The molecular weight excluding hydrogens is 206 g/mol. The number of H-pyrrole nitrogens is 1. The summed E-state index contributed by atoms with van der Waals surface area (Å²) in [7, 11) is 0. The molecular formula is C11H17N3S. The zero-order chi connectivity index (χ0) is 10.7. The summed E-state index contributed by atoms with van der Waals surface area (Å²) >= 11 is 5.09. The van der Waals surface area contributed by atoms with E-state index in [2.05, 4.69) is 21.8 Å². The van der Waals surface area contributed by atoms with Gasteiger partial charge >= 0.3 is 0 Å².